The summed E-state index contributed by atoms with van der Waals surface area (Å²) >= 11 is 1.85. The van der Waals surface area contributed by atoms with Crippen LogP contribution in [-0.2, 0) is 6.54 Å². The Bertz CT molecular complexity index is 337. The molecule has 0 spiro atoms. The van der Waals surface area contributed by atoms with Crippen LogP contribution in [0.1, 0.15) is 16.9 Å². The van der Waals surface area contributed by atoms with E-state index in [-0.39, 0.29) is 0 Å². The van der Waals surface area contributed by atoms with Crippen molar-refractivity contribution in [3.63, 3.8) is 0 Å². The lowest BCUT2D eigenvalue weighted by atomic mass is 10.1. The first-order valence-electron chi connectivity index (χ1n) is 6.41. The molecule has 2 rings (SSSR count). The van der Waals surface area contributed by atoms with E-state index in [1.807, 2.05) is 11.3 Å². The fourth-order valence-electron chi connectivity index (χ4n) is 2.25. The van der Waals surface area contributed by atoms with Crippen molar-refractivity contribution in [1.82, 2.24) is 15.5 Å². The Balaban J connectivity index is 1.61. The Morgan fingerprint density at radius 2 is 2.47 bits per heavy atom. The number of likely N-dealkylation sites (N-methyl/N-ethyl adjacent to an activating group) is 1. The smallest absolute Gasteiger partial charge is 0.0302 e. The molecule has 96 valence electrons. The van der Waals surface area contributed by atoms with Gasteiger partial charge in [-0.2, -0.15) is 0 Å². The lowest BCUT2D eigenvalue weighted by Crippen LogP contribution is -2.49. The van der Waals surface area contributed by atoms with Gasteiger partial charge in [-0.25, -0.2) is 0 Å². The van der Waals surface area contributed by atoms with Crippen molar-refractivity contribution < 1.29 is 0 Å². The van der Waals surface area contributed by atoms with E-state index < -0.39 is 0 Å². The first-order valence-corrected chi connectivity index (χ1v) is 7.29. The predicted molar refractivity (Wildman–Crippen MR) is 74.7 cm³/mol. The third-order valence-electron chi connectivity index (χ3n) is 3.38. The van der Waals surface area contributed by atoms with Crippen molar-refractivity contribution in [2.45, 2.75) is 25.9 Å². The normalized spacial score (nSPS) is 21.9. The van der Waals surface area contributed by atoms with Crippen LogP contribution in [0, 0.1) is 6.92 Å². The molecule has 1 aromatic heterocycles. The van der Waals surface area contributed by atoms with Crippen LogP contribution in [0.2, 0.25) is 0 Å². The number of hydrogen-bond donors (Lipinski definition) is 2. The van der Waals surface area contributed by atoms with Gasteiger partial charge < -0.3 is 15.5 Å². The van der Waals surface area contributed by atoms with E-state index >= 15 is 0 Å². The van der Waals surface area contributed by atoms with Crippen molar-refractivity contribution in [2.24, 2.45) is 0 Å². The highest BCUT2D eigenvalue weighted by Gasteiger charge is 2.15. The quantitative estimate of drug-likeness (QED) is 0.778. The van der Waals surface area contributed by atoms with Gasteiger partial charge in [-0.1, -0.05) is 0 Å². The highest BCUT2D eigenvalue weighted by Crippen LogP contribution is 2.14. The Morgan fingerprint density at radius 3 is 3.18 bits per heavy atom. The Hall–Kier alpha value is -0.420. The summed E-state index contributed by atoms with van der Waals surface area (Å²) in [5.74, 6) is 0. The summed E-state index contributed by atoms with van der Waals surface area (Å²) in [6, 6.07) is 2.85. The molecular formula is C13H23N3S. The molecule has 2 heterocycles. The Labute approximate surface area is 108 Å². The van der Waals surface area contributed by atoms with E-state index in [4.69, 9.17) is 0 Å². The summed E-state index contributed by atoms with van der Waals surface area (Å²) in [5, 5.41) is 9.29. The third kappa shape index (κ3) is 4.07. The van der Waals surface area contributed by atoms with Crippen molar-refractivity contribution in [3.05, 3.63) is 21.9 Å². The lowest BCUT2D eigenvalue weighted by molar-refractivity contribution is 0.231. The van der Waals surface area contributed by atoms with Gasteiger partial charge in [0.25, 0.3) is 0 Å². The zero-order valence-electron chi connectivity index (χ0n) is 10.8. The van der Waals surface area contributed by atoms with Gasteiger partial charge in [0.05, 0.1) is 0 Å². The van der Waals surface area contributed by atoms with Crippen molar-refractivity contribution in [3.8, 4) is 0 Å². The van der Waals surface area contributed by atoms with Gasteiger partial charge in [-0.05, 0) is 43.9 Å². The number of rotatable bonds is 5. The van der Waals surface area contributed by atoms with Gasteiger partial charge in [-0.3, -0.25) is 0 Å². The summed E-state index contributed by atoms with van der Waals surface area (Å²) in [6.45, 7) is 7.79. The van der Waals surface area contributed by atoms with Crippen molar-refractivity contribution in [1.29, 1.82) is 0 Å². The van der Waals surface area contributed by atoms with E-state index in [0.29, 0.717) is 6.04 Å². The van der Waals surface area contributed by atoms with Crippen LogP contribution in [0.15, 0.2) is 11.4 Å². The van der Waals surface area contributed by atoms with E-state index in [0.717, 1.165) is 19.6 Å². The minimum Gasteiger partial charge on any atom is -0.312 e. The lowest BCUT2D eigenvalue weighted by Gasteiger charge is -2.30. The summed E-state index contributed by atoms with van der Waals surface area (Å²) in [5.41, 5.74) is 1.41. The second-order valence-electron chi connectivity index (χ2n) is 4.91. The molecule has 1 fully saturated rings. The van der Waals surface area contributed by atoms with Gasteiger partial charge in [0.2, 0.25) is 0 Å². The summed E-state index contributed by atoms with van der Waals surface area (Å²) in [7, 11) is 2.20. The van der Waals surface area contributed by atoms with Gasteiger partial charge in [0.15, 0.2) is 0 Å². The summed E-state index contributed by atoms with van der Waals surface area (Å²) in [4.78, 5) is 3.88. The van der Waals surface area contributed by atoms with E-state index in [2.05, 4.69) is 41.0 Å². The van der Waals surface area contributed by atoms with Crippen LogP contribution in [0.5, 0.6) is 0 Å². The molecule has 2 N–H and O–H groups in total. The molecule has 1 aliphatic rings. The molecular weight excluding hydrogens is 230 g/mol. The zero-order valence-corrected chi connectivity index (χ0v) is 11.6. The number of piperazine rings is 1. The van der Waals surface area contributed by atoms with Gasteiger partial charge in [0, 0.05) is 37.1 Å². The highest BCUT2D eigenvalue weighted by atomic mass is 32.1. The molecule has 17 heavy (non-hydrogen) atoms. The molecule has 3 nitrogen and oxygen atoms in total. The topological polar surface area (TPSA) is 27.3 Å². The maximum atomic E-state index is 3.58. The largest absolute Gasteiger partial charge is 0.312 e. The van der Waals surface area contributed by atoms with Crippen LogP contribution < -0.4 is 10.6 Å². The summed E-state index contributed by atoms with van der Waals surface area (Å²) in [6.07, 6.45) is 1.22. The number of nitrogens with zero attached hydrogens (tertiary/aromatic N) is 1. The van der Waals surface area contributed by atoms with Crippen LogP contribution in [0.25, 0.3) is 0 Å². The fraction of sp³-hybridized carbons (Fsp3) is 0.692. The SMILES string of the molecule is Cc1ccsc1CNCCC1CN(C)CCN1. The van der Waals surface area contributed by atoms with E-state index in [9.17, 15) is 0 Å². The van der Waals surface area contributed by atoms with E-state index in [1.165, 1.54) is 30.0 Å². The maximum absolute atomic E-state index is 3.58. The molecule has 0 radical (unpaired) electrons. The van der Waals surface area contributed by atoms with E-state index in [1.54, 1.807) is 0 Å². The Kier molecular flexibility index (Phi) is 4.98. The molecule has 0 bridgehead atoms. The molecule has 4 heteroatoms. The van der Waals surface area contributed by atoms with Crippen molar-refractivity contribution >= 4 is 11.3 Å². The molecule has 0 saturated carbocycles. The predicted octanol–water partition coefficient (Wildman–Crippen LogP) is 1.44. The van der Waals surface area contributed by atoms with Gasteiger partial charge in [0.1, 0.15) is 0 Å². The Morgan fingerprint density at radius 1 is 1.59 bits per heavy atom. The molecule has 1 aliphatic heterocycles. The second-order valence-corrected chi connectivity index (χ2v) is 5.91. The summed E-state index contributed by atoms with van der Waals surface area (Å²) < 4.78 is 0. The first kappa shape index (κ1) is 13.0. The standard InChI is InChI=1S/C13H23N3S/c1-11-4-8-17-13(11)9-14-5-3-12-10-16(2)7-6-15-12/h4,8,12,14-15H,3,5-7,9-10H2,1-2H3. The molecule has 1 aromatic rings. The highest BCUT2D eigenvalue weighted by molar-refractivity contribution is 7.10. The minimum absolute atomic E-state index is 0.658. The van der Waals surface area contributed by atoms with Crippen LogP contribution >= 0.6 is 11.3 Å². The molecule has 0 amide bonds. The zero-order chi connectivity index (χ0) is 12.1. The van der Waals surface area contributed by atoms with Crippen LogP contribution in [-0.4, -0.2) is 44.2 Å². The average Bonchev–Trinajstić information content (AvgIpc) is 2.71. The third-order valence-corrected chi connectivity index (χ3v) is 4.40. The minimum atomic E-state index is 0.658. The van der Waals surface area contributed by atoms with Crippen molar-refractivity contribution in [2.75, 3.05) is 33.2 Å². The number of aryl methyl sites for hydroxylation is 1. The van der Waals surface area contributed by atoms with Crippen LogP contribution in [0.3, 0.4) is 0 Å². The fourth-order valence-corrected chi connectivity index (χ4v) is 3.12. The second kappa shape index (κ2) is 6.50. The monoisotopic (exact) mass is 253 g/mol. The van der Waals surface area contributed by atoms with Gasteiger partial charge >= 0.3 is 0 Å². The van der Waals surface area contributed by atoms with Crippen LogP contribution in [0.4, 0.5) is 0 Å². The molecule has 0 aromatic carbocycles. The number of hydrogen-bond acceptors (Lipinski definition) is 4. The molecule has 1 saturated heterocycles. The average molecular weight is 253 g/mol. The number of nitrogens with one attached hydrogen (secondary N) is 2. The molecule has 0 aliphatic carbocycles. The maximum Gasteiger partial charge on any atom is 0.0302 e. The molecule has 1 atom stereocenters. The van der Waals surface area contributed by atoms with Gasteiger partial charge in [-0.15, -0.1) is 11.3 Å². The number of thiophene rings is 1. The molecule has 1 unspecified atom stereocenters. The first-order chi connectivity index (χ1) is 8.25.